The number of nitrogens with zero attached hydrogens (tertiary/aromatic N) is 4. The van der Waals surface area contributed by atoms with Crippen LogP contribution in [0.4, 0.5) is 5.82 Å². The van der Waals surface area contributed by atoms with E-state index in [1.165, 1.54) is 17.2 Å². The van der Waals surface area contributed by atoms with Gasteiger partial charge in [-0.2, -0.15) is 0 Å². The van der Waals surface area contributed by atoms with Gasteiger partial charge in [0.2, 0.25) is 0 Å². The van der Waals surface area contributed by atoms with Gasteiger partial charge in [-0.3, -0.25) is 9.36 Å². The summed E-state index contributed by atoms with van der Waals surface area (Å²) in [5, 5.41) is 26.9. The Labute approximate surface area is 171 Å². The summed E-state index contributed by atoms with van der Waals surface area (Å²) < 4.78 is 7.25. The van der Waals surface area contributed by atoms with Crippen LogP contribution >= 0.6 is 0 Å². The minimum absolute atomic E-state index is 0.129. The molecular weight excluding hydrogens is 388 g/mol. The van der Waals surface area contributed by atoms with E-state index in [0.29, 0.717) is 23.5 Å². The van der Waals surface area contributed by atoms with Gasteiger partial charge in [0.15, 0.2) is 29.3 Å². The SMILES string of the molecule is O=C(NC1CC1)C1OC(n2cnc3c(NCc4ccccc4)ncnc32)C(O)C1O. The largest absolute Gasteiger partial charge is 0.387 e. The van der Waals surface area contributed by atoms with E-state index in [1.807, 2.05) is 30.3 Å². The van der Waals surface area contributed by atoms with Gasteiger partial charge in [-0.05, 0) is 18.4 Å². The Hall–Kier alpha value is -3.08. The van der Waals surface area contributed by atoms with Crippen LogP contribution in [0.1, 0.15) is 24.6 Å². The average Bonchev–Trinajstić information content (AvgIpc) is 3.40. The van der Waals surface area contributed by atoms with Gasteiger partial charge >= 0.3 is 0 Å². The second kappa shape index (κ2) is 7.63. The summed E-state index contributed by atoms with van der Waals surface area (Å²) in [6.07, 6.45) is -0.0863. The number of aliphatic hydroxyl groups is 2. The van der Waals surface area contributed by atoms with Gasteiger partial charge in [-0.15, -0.1) is 0 Å². The third kappa shape index (κ3) is 3.49. The van der Waals surface area contributed by atoms with Crippen LogP contribution in [0.2, 0.25) is 0 Å². The highest BCUT2D eigenvalue weighted by Gasteiger charge is 2.48. The maximum Gasteiger partial charge on any atom is 0.252 e. The number of nitrogens with one attached hydrogen (secondary N) is 2. The molecule has 0 radical (unpaired) electrons. The average molecular weight is 410 g/mol. The topological polar surface area (TPSA) is 134 Å². The summed E-state index contributed by atoms with van der Waals surface area (Å²) in [6, 6.07) is 10.0. The van der Waals surface area contributed by atoms with Crippen LogP contribution in [0.25, 0.3) is 11.2 Å². The maximum atomic E-state index is 12.3. The van der Waals surface area contributed by atoms with E-state index < -0.39 is 30.4 Å². The van der Waals surface area contributed by atoms with Gasteiger partial charge in [0.25, 0.3) is 5.91 Å². The molecule has 1 aliphatic heterocycles. The molecule has 4 atom stereocenters. The number of carbonyl (C=O) groups excluding carboxylic acids is 1. The van der Waals surface area contributed by atoms with Crippen LogP contribution in [-0.4, -0.2) is 60.0 Å². The Morgan fingerprint density at radius 2 is 1.93 bits per heavy atom. The van der Waals surface area contributed by atoms with Gasteiger partial charge in [0.05, 0.1) is 6.33 Å². The van der Waals surface area contributed by atoms with Crippen LogP contribution in [0.3, 0.4) is 0 Å². The zero-order valence-corrected chi connectivity index (χ0v) is 16.0. The normalized spacial score (nSPS) is 26.1. The molecule has 10 nitrogen and oxygen atoms in total. The number of aliphatic hydroxyl groups excluding tert-OH is 2. The number of amides is 1. The summed E-state index contributed by atoms with van der Waals surface area (Å²) >= 11 is 0. The van der Waals surface area contributed by atoms with Crippen molar-refractivity contribution in [2.75, 3.05) is 5.32 Å². The first-order chi connectivity index (χ1) is 14.6. The molecule has 1 aromatic carbocycles. The van der Waals surface area contributed by atoms with Crippen molar-refractivity contribution in [3.63, 3.8) is 0 Å². The molecule has 5 rings (SSSR count). The molecule has 1 amide bonds. The summed E-state index contributed by atoms with van der Waals surface area (Å²) in [4.78, 5) is 25.2. The number of rotatable bonds is 6. The second-order valence-electron chi connectivity index (χ2n) is 7.60. The van der Waals surface area contributed by atoms with Gasteiger partial charge in [-0.1, -0.05) is 30.3 Å². The Balaban J connectivity index is 1.37. The number of hydrogen-bond acceptors (Lipinski definition) is 8. The fourth-order valence-electron chi connectivity index (χ4n) is 3.57. The lowest BCUT2D eigenvalue weighted by atomic mass is 10.1. The molecular formula is C20H22N6O4. The van der Waals surface area contributed by atoms with E-state index in [0.717, 1.165) is 18.4 Å². The van der Waals surface area contributed by atoms with Crippen molar-refractivity contribution in [2.24, 2.45) is 0 Å². The van der Waals surface area contributed by atoms with E-state index in [-0.39, 0.29) is 6.04 Å². The lowest BCUT2D eigenvalue weighted by molar-refractivity contribution is -0.137. The lowest BCUT2D eigenvalue weighted by Crippen LogP contribution is -2.43. The van der Waals surface area contributed by atoms with Gasteiger partial charge in [0, 0.05) is 12.6 Å². The standard InChI is InChI=1S/C20H22N6O4/c27-14-15(28)20(30-16(14)19(29)25-12-6-7-12)26-10-24-13-17(22-9-23-18(13)26)21-8-11-4-2-1-3-5-11/h1-5,9-10,12,14-16,20,27-28H,6-8H2,(H,25,29)(H,21,22,23). The summed E-state index contributed by atoms with van der Waals surface area (Å²) in [6.45, 7) is 0.560. The first kappa shape index (κ1) is 18.9. The fraction of sp³-hybridized carbons (Fsp3) is 0.400. The van der Waals surface area contributed by atoms with Gasteiger partial charge in [0.1, 0.15) is 18.5 Å². The third-order valence-corrected chi connectivity index (χ3v) is 5.36. The fourth-order valence-corrected chi connectivity index (χ4v) is 3.57. The van der Waals surface area contributed by atoms with Gasteiger partial charge in [-0.25, -0.2) is 15.0 Å². The number of fused-ring (bicyclic) bond motifs is 1. The summed E-state index contributed by atoms with van der Waals surface area (Å²) in [7, 11) is 0. The number of hydrogen-bond donors (Lipinski definition) is 4. The Kier molecular flexibility index (Phi) is 4.81. The Morgan fingerprint density at radius 1 is 1.13 bits per heavy atom. The minimum atomic E-state index is -1.34. The van der Waals surface area contributed by atoms with Gasteiger partial charge < -0.3 is 25.6 Å². The number of ether oxygens (including phenoxy) is 1. The molecule has 3 aromatic rings. The molecule has 1 aliphatic carbocycles. The molecule has 0 bridgehead atoms. The Bertz CT molecular complexity index is 1050. The van der Waals surface area contributed by atoms with E-state index in [4.69, 9.17) is 4.74 Å². The monoisotopic (exact) mass is 410 g/mol. The van der Waals surface area contributed by atoms with Crippen molar-refractivity contribution >= 4 is 22.9 Å². The predicted octanol–water partition coefficient (Wildman–Crippen LogP) is 0.336. The maximum absolute atomic E-state index is 12.3. The van der Waals surface area contributed by atoms with Crippen molar-refractivity contribution < 1.29 is 19.7 Å². The zero-order chi connectivity index (χ0) is 20.7. The van der Waals surface area contributed by atoms with E-state index in [1.54, 1.807) is 0 Å². The van der Waals surface area contributed by atoms with E-state index in [2.05, 4.69) is 25.6 Å². The Morgan fingerprint density at radius 3 is 2.70 bits per heavy atom. The minimum Gasteiger partial charge on any atom is -0.387 e. The molecule has 4 N–H and O–H groups in total. The smallest absolute Gasteiger partial charge is 0.252 e. The zero-order valence-electron chi connectivity index (χ0n) is 16.0. The summed E-state index contributed by atoms with van der Waals surface area (Å²) in [5.41, 5.74) is 2.02. The van der Waals surface area contributed by atoms with Crippen molar-refractivity contribution in [3.8, 4) is 0 Å². The molecule has 2 aromatic heterocycles. The number of aromatic nitrogens is 4. The molecule has 156 valence electrons. The first-order valence-electron chi connectivity index (χ1n) is 9.89. The van der Waals surface area contributed by atoms with Crippen LogP contribution in [0, 0.1) is 0 Å². The molecule has 1 saturated carbocycles. The molecule has 2 fully saturated rings. The molecule has 0 spiro atoms. The van der Waals surface area contributed by atoms with Crippen LogP contribution in [0.5, 0.6) is 0 Å². The highest BCUT2D eigenvalue weighted by atomic mass is 16.6. The summed E-state index contributed by atoms with van der Waals surface area (Å²) in [5.74, 6) is 0.120. The highest BCUT2D eigenvalue weighted by Crippen LogP contribution is 2.33. The number of imidazole rings is 1. The number of benzene rings is 1. The van der Waals surface area contributed by atoms with Crippen molar-refractivity contribution in [2.45, 2.75) is 50.0 Å². The number of anilines is 1. The van der Waals surface area contributed by atoms with Crippen LogP contribution in [0.15, 0.2) is 43.0 Å². The van der Waals surface area contributed by atoms with Crippen LogP contribution < -0.4 is 10.6 Å². The quantitative estimate of drug-likeness (QED) is 0.457. The van der Waals surface area contributed by atoms with Crippen molar-refractivity contribution in [3.05, 3.63) is 48.5 Å². The molecule has 30 heavy (non-hydrogen) atoms. The van der Waals surface area contributed by atoms with Crippen LogP contribution in [-0.2, 0) is 16.1 Å². The highest BCUT2D eigenvalue weighted by molar-refractivity contribution is 5.83. The third-order valence-electron chi connectivity index (χ3n) is 5.36. The molecule has 4 unspecified atom stereocenters. The molecule has 1 saturated heterocycles. The second-order valence-corrected chi connectivity index (χ2v) is 7.60. The first-order valence-corrected chi connectivity index (χ1v) is 9.89. The van der Waals surface area contributed by atoms with Crippen molar-refractivity contribution in [1.29, 1.82) is 0 Å². The van der Waals surface area contributed by atoms with E-state index in [9.17, 15) is 15.0 Å². The predicted molar refractivity (Wildman–Crippen MR) is 106 cm³/mol. The molecule has 3 heterocycles. The van der Waals surface area contributed by atoms with E-state index >= 15 is 0 Å². The molecule has 10 heteroatoms. The number of carbonyl (C=O) groups is 1. The lowest BCUT2D eigenvalue weighted by Gasteiger charge is -2.16. The van der Waals surface area contributed by atoms with Crippen molar-refractivity contribution in [1.82, 2.24) is 24.8 Å². The molecule has 2 aliphatic rings.